The van der Waals surface area contributed by atoms with Crippen molar-refractivity contribution in [1.82, 2.24) is 10.2 Å². The molecule has 1 N–H and O–H groups in total. The van der Waals surface area contributed by atoms with Crippen LogP contribution in [-0.2, 0) is 16.0 Å². The summed E-state index contributed by atoms with van der Waals surface area (Å²) in [4.78, 5) is 25.3. The molecule has 2 rings (SSSR count). The van der Waals surface area contributed by atoms with Crippen LogP contribution in [0.2, 0.25) is 0 Å². The Morgan fingerprint density at radius 2 is 2.47 bits per heavy atom. The molecule has 0 atom stereocenters. The summed E-state index contributed by atoms with van der Waals surface area (Å²) in [7, 11) is 0. The van der Waals surface area contributed by atoms with Gasteiger partial charge in [0.25, 0.3) is 0 Å². The second kappa shape index (κ2) is 5.67. The third kappa shape index (κ3) is 3.45. The van der Waals surface area contributed by atoms with Gasteiger partial charge in [-0.2, -0.15) is 0 Å². The minimum absolute atomic E-state index is 0.0866. The molecule has 1 aliphatic rings. The van der Waals surface area contributed by atoms with Crippen molar-refractivity contribution in [2.45, 2.75) is 6.42 Å². The van der Waals surface area contributed by atoms with Crippen LogP contribution in [0.25, 0.3) is 0 Å². The molecular formula is C11H14N2O3S. The van der Waals surface area contributed by atoms with Crippen molar-refractivity contribution in [1.29, 1.82) is 0 Å². The average Bonchev–Trinajstić information content (AvgIpc) is 2.92. The van der Waals surface area contributed by atoms with E-state index in [1.807, 2.05) is 17.5 Å². The molecule has 1 aromatic heterocycles. The van der Waals surface area contributed by atoms with Crippen molar-refractivity contribution in [3.8, 4) is 0 Å². The molecule has 1 aliphatic heterocycles. The maximum atomic E-state index is 11.5. The van der Waals surface area contributed by atoms with Gasteiger partial charge in [0.05, 0.1) is 6.54 Å². The maximum absolute atomic E-state index is 11.5. The monoisotopic (exact) mass is 254 g/mol. The predicted molar refractivity (Wildman–Crippen MR) is 64.0 cm³/mol. The molecule has 1 fully saturated rings. The summed E-state index contributed by atoms with van der Waals surface area (Å²) in [5, 5.41) is 4.80. The quantitative estimate of drug-likeness (QED) is 0.847. The summed E-state index contributed by atoms with van der Waals surface area (Å²) in [6.45, 7) is 1.56. The Labute approximate surface area is 103 Å². The van der Waals surface area contributed by atoms with E-state index in [1.54, 1.807) is 11.3 Å². The number of thiophene rings is 1. The molecule has 5 nitrogen and oxygen atoms in total. The van der Waals surface area contributed by atoms with E-state index in [0.29, 0.717) is 19.7 Å². The molecule has 0 unspecified atom stereocenters. The molecule has 1 aromatic rings. The number of carbonyl (C=O) groups excluding carboxylic acids is 2. The zero-order valence-corrected chi connectivity index (χ0v) is 10.2. The van der Waals surface area contributed by atoms with Crippen LogP contribution in [0.3, 0.4) is 0 Å². The van der Waals surface area contributed by atoms with Crippen LogP contribution in [-0.4, -0.2) is 43.1 Å². The molecule has 6 heteroatoms. The Hall–Kier alpha value is -1.56. The molecule has 17 heavy (non-hydrogen) atoms. The number of amides is 2. The number of hydrogen-bond acceptors (Lipinski definition) is 4. The van der Waals surface area contributed by atoms with Crippen LogP contribution in [0.15, 0.2) is 17.5 Å². The predicted octanol–water partition coefficient (Wildman–Crippen LogP) is 0.859. The average molecular weight is 254 g/mol. The number of nitrogens with one attached hydrogen (secondary N) is 1. The second-order valence-corrected chi connectivity index (χ2v) is 4.75. The minimum Gasteiger partial charge on any atom is -0.448 e. The summed E-state index contributed by atoms with van der Waals surface area (Å²) in [6, 6.07) is 4.02. The topological polar surface area (TPSA) is 58.6 Å². The van der Waals surface area contributed by atoms with Gasteiger partial charge in [-0.25, -0.2) is 4.79 Å². The van der Waals surface area contributed by atoms with Crippen LogP contribution in [0.5, 0.6) is 0 Å². The van der Waals surface area contributed by atoms with E-state index in [4.69, 9.17) is 4.74 Å². The number of nitrogens with zero attached hydrogens (tertiary/aromatic N) is 1. The Morgan fingerprint density at radius 1 is 1.59 bits per heavy atom. The number of hydrogen-bond donors (Lipinski definition) is 1. The van der Waals surface area contributed by atoms with Gasteiger partial charge >= 0.3 is 6.09 Å². The Bertz CT molecular complexity index is 391. The number of carbonyl (C=O) groups is 2. The molecule has 92 valence electrons. The molecule has 0 aliphatic carbocycles. The first-order chi connectivity index (χ1) is 8.25. The van der Waals surface area contributed by atoms with Gasteiger partial charge in [-0.3, -0.25) is 9.69 Å². The first-order valence-electron chi connectivity index (χ1n) is 5.46. The molecule has 2 heterocycles. The van der Waals surface area contributed by atoms with Gasteiger partial charge in [0, 0.05) is 11.4 Å². The van der Waals surface area contributed by atoms with Gasteiger partial charge < -0.3 is 10.1 Å². The normalized spacial score (nSPS) is 14.8. The molecule has 0 spiro atoms. The Morgan fingerprint density at radius 3 is 3.12 bits per heavy atom. The standard InChI is InChI=1S/C11H14N2O3S/c14-10(8-13-5-6-16-11(13)15)12-4-3-9-2-1-7-17-9/h1-2,7H,3-6,8H2,(H,12,14). The zero-order chi connectivity index (χ0) is 12.1. The highest BCUT2D eigenvalue weighted by molar-refractivity contribution is 7.09. The van der Waals surface area contributed by atoms with Gasteiger partial charge in [-0.1, -0.05) is 6.07 Å². The summed E-state index contributed by atoms with van der Waals surface area (Å²) >= 11 is 1.67. The number of ether oxygens (including phenoxy) is 1. The van der Waals surface area contributed by atoms with E-state index in [9.17, 15) is 9.59 Å². The second-order valence-electron chi connectivity index (χ2n) is 3.72. The summed E-state index contributed by atoms with van der Waals surface area (Å²) < 4.78 is 4.74. The fraction of sp³-hybridized carbons (Fsp3) is 0.455. The van der Waals surface area contributed by atoms with E-state index in [1.165, 1.54) is 9.78 Å². The van der Waals surface area contributed by atoms with Gasteiger partial charge in [-0.05, 0) is 17.9 Å². The van der Waals surface area contributed by atoms with Gasteiger partial charge in [0.15, 0.2) is 0 Å². The van der Waals surface area contributed by atoms with Crippen molar-refractivity contribution in [3.05, 3.63) is 22.4 Å². The lowest BCUT2D eigenvalue weighted by Crippen LogP contribution is -2.38. The maximum Gasteiger partial charge on any atom is 0.410 e. The smallest absolute Gasteiger partial charge is 0.410 e. The minimum atomic E-state index is -0.404. The molecule has 2 amide bonds. The summed E-state index contributed by atoms with van der Waals surface area (Å²) in [5.74, 6) is -0.139. The van der Waals surface area contributed by atoms with Crippen molar-refractivity contribution in [2.24, 2.45) is 0 Å². The fourth-order valence-corrected chi connectivity index (χ4v) is 2.29. The third-order valence-corrected chi connectivity index (χ3v) is 3.39. The molecule has 0 radical (unpaired) electrons. The van der Waals surface area contributed by atoms with Crippen LogP contribution >= 0.6 is 11.3 Å². The van der Waals surface area contributed by atoms with Crippen LogP contribution in [0.4, 0.5) is 4.79 Å². The van der Waals surface area contributed by atoms with E-state index in [-0.39, 0.29) is 12.5 Å². The van der Waals surface area contributed by atoms with Crippen molar-refractivity contribution in [3.63, 3.8) is 0 Å². The van der Waals surface area contributed by atoms with Crippen LogP contribution < -0.4 is 5.32 Å². The van der Waals surface area contributed by atoms with Crippen molar-refractivity contribution >= 4 is 23.3 Å². The first-order valence-corrected chi connectivity index (χ1v) is 6.34. The molecule has 0 aromatic carbocycles. The van der Waals surface area contributed by atoms with E-state index >= 15 is 0 Å². The number of rotatable bonds is 5. The Balaban J connectivity index is 1.65. The van der Waals surface area contributed by atoms with Gasteiger partial charge in [-0.15, -0.1) is 11.3 Å². The summed E-state index contributed by atoms with van der Waals surface area (Å²) in [6.07, 6.45) is 0.423. The molecule has 1 saturated heterocycles. The molecule has 0 bridgehead atoms. The SMILES string of the molecule is O=C(CN1CCOC1=O)NCCc1cccs1. The van der Waals surface area contributed by atoms with Crippen LogP contribution in [0.1, 0.15) is 4.88 Å². The highest BCUT2D eigenvalue weighted by atomic mass is 32.1. The van der Waals surface area contributed by atoms with E-state index < -0.39 is 6.09 Å². The van der Waals surface area contributed by atoms with Gasteiger partial charge in [0.1, 0.15) is 13.2 Å². The van der Waals surface area contributed by atoms with E-state index in [0.717, 1.165) is 6.42 Å². The lowest BCUT2D eigenvalue weighted by atomic mass is 10.3. The van der Waals surface area contributed by atoms with Crippen molar-refractivity contribution in [2.75, 3.05) is 26.2 Å². The fourth-order valence-electron chi connectivity index (χ4n) is 1.58. The van der Waals surface area contributed by atoms with Crippen LogP contribution in [0, 0.1) is 0 Å². The molecular weight excluding hydrogens is 240 g/mol. The molecule has 0 saturated carbocycles. The lowest BCUT2D eigenvalue weighted by Gasteiger charge is -2.11. The first kappa shape index (κ1) is 11.9. The lowest BCUT2D eigenvalue weighted by molar-refractivity contribution is -0.121. The summed E-state index contributed by atoms with van der Waals surface area (Å²) in [5.41, 5.74) is 0. The van der Waals surface area contributed by atoms with Crippen molar-refractivity contribution < 1.29 is 14.3 Å². The van der Waals surface area contributed by atoms with E-state index in [2.05, 4.69) is 5.32 Å². The Kier molecular flexibility index (Phi) is 3.98. The zero-order valence-electron chi connectivity index (χ0n) is 9.35. The largest absolute Gasteiger partial charge is 0.448 e. The third-order valence-electron chi connectivity index (χ3n) is 2.45. The van der Waals surface area contributed by atoms with Gasteiger partial charge in [0.2, 0.25) is 5.91 Å². The highest BCUT2D eigenvalue weighted by Crippen LogP contribution is 2.08. The number of cyclic esters (lactones) is 1. The highest BCUT2D eigenvalue weighted by Gasteiger charge is 2.23.